The van der Waals surface area contributed by atoms with Crippen molar-refractivity contribution in [3.8, 4) is 0 Å². The van der Waals surface area contributed by atoms with Crippen LogP contribution in [0.5, 0.6) is 0 Å². The van der Waals surface area contributed by atoms with Gasteiger partial charge < -0.3 is 9.47 Å². The molecule has 0 rings (SSSR count). The number of nitrogens with one attached hydrogen (secondary N) is 2. The number of unbranched alkanes of at least 4 members (excludes halogenated alkanes) is 1. The molecule has 0 bridgehead atoms. The zero-order chi connectivity index (χ0) is 18.9. The van der Waals surface area contributed by atoms with Crippen LogP contribution >= 0.6 is 19.7 Å². The van der Waals surface area contributed by atoms with Gasteiger partial charge in [-0.05, 0) is 0 Å². The molecule has 0 spiro atoms. The molecular weight excluding hydrogens is 501 g/mol. The molecule has 0 fully saturated rings. The molecule has 2 amide bonds. The Morgan fingerprint density at radius 3 is 2.52 bits per heavy atom. The number of rotatable bonds is 16. The summed E-state index contributed by atoms with van der Waals surface area (Å²) in [6.07, 6.45) is 2.79. The zero-order valence-corrected chi connectivity index (χ0v) is 19.9. The second-order valence-electron chi connectivity index (χ2n) is 5.44. The molecule has 146 valence electrons. The summed E-state index contributed by atoms with van der Waals surface area (Å²) < 4.78 is 24.1. The van der Waals surface area contributed by atoms with Gasteiger partial charge in [0.2, 0.25) is 0 Å². The van der Waals surface area contributed by atoms with E-state index in [4.69, 9.17) is 17.7 Å². The molecule has 0 aromatic rings. The molecule has 8 nitrogen and oxygen atoms in total. The van der Waals surface area contributed by atoms with E-state index < -0.39 is 13.3 Å². The molecule has 1 atom stereocenters. The van der Waals surface area contributed by atoms with Crippen LogP contribution in [0.2, 0.25) is 0 Å². The minimum atomic E-state index is -2.09. The van der Waals surface area contributed by atoms with E-state index in [1.165, 1.54) is 6.92 Å². The van der Waals surface area contributed by atoms with Crippen molar-refractivity contribution in [3.05, 3.63) is 0 Å². The zero-order valence-electron chi connectivity index (χ0n) is 15.3. The van der Waals surface area contributed by atoms with E-state index in [0.717, 1.165) is 19.3 Å². The van der Waals surface area contributed by atoms with E-state index in [1.54, 1.807) is 14.2 Å². The third-order valence-corrected chi connectivity index (χ3v) is 9.08. The second-order valence-corrected chi connectivity index (χ2v) is 13.9. The number of ether oxygens (including phenoxy) is 3. The van der Waals surface area contributed by atoms with Gasteiger partial charge in [-0.25, -0.2) is 0 Å². The topological polar surface area (TPSA) is 95.1 Å². The van der Waals surface area contributed by atoms with Gasteiger partial charge in [0.1, 0.15) is 6.10 Å². The van der Waals surface area contributed by atoms with Crippen molar-refractivity contribution in [1.82, 2.24) is 9.34 Å². The van der Waals surface area contributed by atoms with Crippen LogP contribution in [0.25, 0.3) is 0 Å². The van der Waals surface area contributed by atoms with Gasteiger partial charge in [0.05, 0.1) is 6.61 Å². The van der Waals surface area contributed by atoms with Crippen LogP contribution < -0.4 is 9.34 Å². The van der Waals surface area contributed by atoms with Gasteiger partial charge in [-0.1, -0.05) is 0 Å². The first-order valence-electron chi connectivity index (χ1n) is 8.38. The standard InChI is InChI=1S/C13H26NO5.C2H5NO.Ga.HI/c1-17-10-12(18-2)11-19-9-5-7-14-13(16)6-3-4-8-15;1-2(3)4;;/h12H,3-11H2,1-2H3,(H,14,16);1H3,(H2,3,4);;1H/q-1;;+3;/p-2. The van der Waals surface area contributed by atoms with Crippen LogP contribution in [-0.4, -0.2) is 78.4 Å². The maximum Gasteiger partial charge on any atom is 0.0361 e. The van der Waals surface area contributed by atoms with Crippen LogP contribution in [0.15, 0.2) is 0 Å². The molecule has 0 saturated carbocycles. The molecule has 0 radical (unpaired) electrons. The average Bonchev–Trinajstić information content (AvgIpc) is 2.55. The van der Waals surface area contributed by atoms with Crippen molar-refractivity contribution in [2.45, 2.75) is 38.7 Å². The van der Waals surface area contributed by atoms with Crippen molar-refractivity contribution >= 4 is 44.8 Å². The van der Waals surface area contributed by atoms with Gasteiger partial charge in [-0.15, -0.1) is 0 Å². The quantitative estimate of drug-likeness (QED) is 0.175. The molecule has 0 aliphatic carbocycles. The molecule has 0 aliphatic rings. The third kappa shape index (κ3) is 17.3. The SMILES string of the molecule is COCC(COCCCNC(=O)CCCC[O][Ga]([I])[NH]C(C)=O)OC. The predicted octanol–water partition coefficient (Wildman–Crippen LogP) is 0.914. The summed E-state index contributed by atoms with van der Waals surface area (Å²) in [6, 6.07) is 0. The Morgan fingerprint density at radius 2 is 1.88 bits per heavy atom. The number of hydrogen-bond donors (Lipinski definition) is 2. The molecule has 0 heterocycles. The minimum absolute atomic E-state index is 0.0424. The maximum atomic E-state index is 11.7. The third-order valence-electron chi connectivity index (χ3n) is 3.16. The van der Waals surface area contributed by atoms with Crippen LogP contribution in [0.1, 0.15) is 32.6 Å². The molecule has 0 saturated heterocycles. The maximum absolute atomic E-state index is 11.7. The molecule has 0 aliphatic heterocycles. The number of carbonyl (C=O) groups excluding carboxylic acids is 2. The monoisotopic (exact) mass is 530 g/mol. The number of halogens is 1. The molecule has 2 N–H and O–H groups in total. The molecule has 10 heteroatoms. The van der Waals surface area contributed by atoms with E-state index in [-0.39, 0.29) is 17.9 Å². The minimum Gasteiger partial charge on any atom is -0.377 e. The summed E-state index contributed by atoms with van der Waals surface area (Å²) in [5, 5.41) is 2.87. The summed E-state index contributed by atoms with van der Waals surface area (Å²) in [5.41, 5.74) is 0. The molecule has 0 aromatic carbocycles. The van der Waals surface area contributed by atoms with Crippen molar-refractivity contribution in [2.75, 3.05) is 47.2 Å². The van der Waals surface area contributed by atoms with Gasteiger partial charge in [-0.2, -0.15) is 0 Å². The number of carbonyl (C=O) groups is 2. The fourth-order valence-electron chi connectivity index (χ4n) is 1.85. The Kier molecular flexibility index (Phi) is 17.7. The largest absolute Gasteiger partial charge is 0.377 e. The Balaban J connectivity index is 3.43. The Morgan fingerprint density at radius 1 is 1.12 bits per heavy atom. The second kappa shape index (κ2) is 17.6. The summed E-state index contributed by atoms with van der Waals surface area (Å²) >= 11 is 0.100. The van der Waals surface area contributed by atoms with E-state index in [1.807, 2.05) is 0 Å². The van der Waals surface area contributed by atoms with E-state index in [0.29, 0.717) is 39.4 Å². The van der Waals surface area contributed by atoms with Crippen molar-refractivity contribution in [2.24, 2.45) is 0 Å². The van der Waals surface area contributed by atoms with Gasteiger partial charge in [-0.3, -0.25) is 0 Å². The Labute approximate surface area is 166 Å². The van der Waals surface area contributed by atoms with Crippen LogP contribution in [0.3, 0.4) is 0 Å². The smallest absolute Gasteiger partial charge is 0.0361 e. The van der Waals surface area contributed by atoms with Crippen LogP contribution in [0.4, 0.5) is 0 Å². The average molecular weight is 531 g/mol. The first-order valence-corrected chi connectivity index (χ1v) is 18.0. The first kappa shape index (κ1) is 25.1. The van der Waals surface area contributed by atoms with Crippen LogP contribution in [0, 0.1) is 0 Å². The molecule has 1 unspecified atom stereocenters. The molecule has 25 heavy (non-hydrogen) atoms. The number of hydrogen-bond acceptors (Lipinski definition) is 6. The fourth-order valence-corrected chi connectivity index (χ4v) is 7.08. The summed E-state index contributed by atoms with van der Waals surface area (Å²) in [4.78, 5) is 22.5. The van der Waals surface area contributed by atoms with Gasteiger partial charge >= 0.3 is 131 Å². The fraction of sp³-hybridized carbons (Fsp3) is 0.867. The van der Waals surface area contributed by atoms with Crippen molar-refractivity contribution < 1.29 is 27.3 Å². The Hall–Kier alpha value is 0.146. The Bertz CT molecular complexity index is 365. The summed E-state index contributed by atoms with van der Waals surface area (Å²) in [7, 11) is 3.25. The van der Waals surface area contributed by atoms with Crippen molar-refractivity contribution in [1.29, 1.82) is 0 Å². The van der Waals surface area contributed by atoms with E-state index in [9.17, 15) is 9.59 Å². The summed E-state index contributed by atoms with van der Waals surface area (Å²) in [5.74, 6) is 0.00256. The normalized spacial score (nSPS) is 11.8. The van der Waals surface area contributed by atoms with Gasteiger partial charge in [0.15, 0.2) is 0 Å². The van der Waals surface area contributed by atoms with E-state index >= 15 is 0 Å². The number of amides is 2. The van der Waals surface area contributed by atoms with Crippen LogP contribution in [-0.2, 0) is 27.3 Å². The van der Waals surface area contributed by atoms with E-state index in [2.05, 4.69) is 29.0 Å². The predicted molar refractivity (Wildman–Crippen MR) is 105 cm³/mol. The number of methoxy groups -OCH3 is 2. The summed E-state index contributed by atoms with van der Waals surface area (Å²) in [6.45, 7) is 4.25. The molecule has 0 aromatic heterocycles. The van der Waals surface area contributed by atoms with Crippen molar-refractivity contribution in [3.63, 3.8) is 0 Å². The van der Waals surface area contributed by atoms with Gasteiger partial charge in [0.25, 0.3) is 0 Å². The first-order chi connectivity index (χ1) is 12.0. The van der Waals surface area contributed by atoms with Gasteiger partial charge in [0, 0.05) is 14.2 Å². The molecular formula is C15H30GaIN2O6.